The summed E-state index contributed by atoms with van der Waals surface area (Å²) in [7, 11) is 0. The Hall–Kier alpha value is -3.86. The number of amides is 1. The van der Waals surface area contributed by atoms with E-state index >= 15 is 0 Å². The second kappa shape index (κ2) is 13.2. The van der Waals surface area contributed by atoms with Gasteiger partial charge < -0.3 is 24.4 Å². The molecule has 0 atom stereocenters. The molecule has 14 heteroatoms. The van der Waals surface area contributed by atoms with Crippen LogP contribution in [0.1, 0.15) is 54.0 Å². The van der Waals surface area contributed by atoms with Gasteiger partial charge in [0.15, 0.2) is 5.76 Å². The van der Waals surface area contributed by atoms with E-state index in [0.29, 0.717) is 39.6 Å². The zero-order valence-corrected chi connectivity index (χ0v) is 25.1. The predicted octanol–water partition coefficient (Wildman–Crippen LogP) is 6.48. The van der Waals surface area contributed by atoms with Gasteiger partial charge in [-0.2, -0.15) is 18.4 Å². The van der Waals surface area contributed by atoms with Gasteiger partial charge in [-0.1, -0.05) is 35.0 Å². The van der Waals surface area contributed by atoms with Gasteiger partial charge in [0.25, 0.3) is 5.91 Å². The molecule has 1 fully saturated rings. The van der Waals surface area contributed by atoms with E-state index in [1.165, 1.54) is 11.3 Å². The highest BCUT2D eigenvalue weighted by atomic mass is 35.5. The van der Waals surface area contributed by atoms with Crippen LogP contribution in [-0.2, 0) is 11.3 Å². The number of piperidine rings is 1. The molecule has 4 heterocycles. The standard InChI is InChI=1S/C27H28ClN5O2S.C2HF3O2/c1-16(2)32-11-9-18(10-12-32)30-27(34)26-21(14-29)20-6-4-5-17(3)25(20)33(26)15-19-13-22(35-31-19)23-7-8-24(28)36-23;3-2(4,5)1(6)7/h4-8,13,16,18H,9-12,15H2,1-3H3,(H,30,34);(H,6,7). The minimum absolute atomic E-state index is 0.0776. The molecule has 0 spiro atoms. The van der Waals surface area contributed by atoms with Gasteiger partial charge in [0.2, 0.25) is 0 Å². The minimum Gasteiger partial charge on any atom is -0.475 e. The highest BCUT2D eigenvalue weighted by Gasteiger charge is 2.38. The summed E-state index contributed by atoms with van der Waals surface area (Å²) in [6, 6.07) is 14.3. The lowest BCUT2D eigenvalue weighted by Gasteiger charge is -2.34. The molecular weight excluding hydrogens is 607 g/mol. The summed E-state index contributed by atoms with van der Waals surface area (Å²) < 4.78 is 39.9. The van der Waals surface area contributed by atoms with Crippen molar-refractivity contribution < 1.29 is 32.4 Å². The number of hydrogen-bond acceptors (Lipinski definition) is 7. The van der Waals surface area contributed by atoms with Gasteiger partial charge in [0.1, 0.15) is 17.5 Å². The zero-order chi connectivity index (χ0) is 31.5. The molecule has 5 rings (SSSR count). The van der Waals surface area contributed by atoms with Crippen molar-refractivity contribution in [1.82, 2.24) is 19.9 Å². The summed E-state index contributed by atoms with van der Waals surface area (Å²) in [6.07, 6.45) is -3.30. The Balaban J connectivity index is 0.000000541. The van der Waals surface area contributed by atoms with Crippen molar-refractivity contribution in [3.8, 4) is 16.7 Å². The van der Waals surface area contributed by atoms with Gasteiger partial charge in [-0.25, -0.2) is 4.79 Å². The van der Waals surface area contributed by atoms with Crippen LogP contribution in [0.4, 0.5) is 13.2 Å². The molecule has 0 aliphatic carbocycles. The first kappa shape index (κ1) is 32.1. The number of carbonyl (C=O) groups is 2. The first-order valence-electron chi connectivity index (χ1n) is 13.4. The number of likely N-dealkylation sites (tertiary alicyclic amines) is 1. The Morgan fingerprint density at radius 2 is 1.93 bits per heavy atom. The van der Waals surface area contributed by atoms with Crippen molar-refractivity contribution in [3.63, 3.8) is 0 Å². The van der Waals surface area contributed by atoms with E-state index in [9.17, 15) is 23.2 Å². The van der Waals surface area contributed by atoms with Crippen LogP contribution >= 0.6 is 22.9 Å². The molecule has 9 nitrogen and oxygen atoms in total. The Labute approximate surface area is 254 Å². The van der Waals surface area contributed by atoms with Crippen molar-refractivity contribution in [3.05, 3.63) is 63.2 Å². The van der Waals surface area contributed by atoms with E-state index in [4.69, 9.17) is 26.0 Å². The molecule has 43 heavy (non-hydrogen) atoms. The van der Waals surface area contributed by atoms with Gasteiger partial charge in [-0.15, -0.1) is 11.3 Å². The first-order chi connectivity index (χ1) is 20.3. The lowest BCUT2D eigenvalue weighted by molar-refractivity contribution is -0.192. The third kappa shape index (κ3) is 7.38. The van der Waals surface area contributed by atoms with Crippen LogP contribution in [0.15, 0.2) is 40.9 Å². The number of aromatic nitrogens is 2. The average Bonchev–Trinajstić information content (AvgIpc) is 3.67. The van der Waals surface area contributed by atoms with Gasteiger partial charge in [-0.05, 0) is 51.3 Å². The third-order valence-corrected chi connectivity index (χ3v) is 8.39. The number of rotatable bonds is 6. The fourth-order valence-electron chi connectivity index (χ4n) is 5.03. The van der Waals surface area contributed by atoms with Crippen LogP contribution in [0.25, 0.3) is 21.5 Å². The van der Waals surface area contributed by atoms with E-state index in [1.807, 2.05) is 47.9 Å². The molecule has 1 saturated heterocycles. The predicted molar refractivity (Wildman–Crippen MR) is 156 cm³/mol. The second-order valence-electron chi connectivity index (χ2n) is 10.4. The zero-order valence-electron chi connectivity index (χ0n) is 23.5. The molecule has 2 N–H and O–H groups in total. The Kier molecular flexibility index (Phi) is 9.84. The first-order valence-corrected chi connectivity index (χ1v) is 14.6. The fraction of sp³-hybridized carbons (Fsp3) is 0.379. The number of carboxylic acid groups (broad SMARTS) is 1. The van der Waals surface area contributed by atoms with Gasteiger partial charge in [-0.3, -0.25) is 4.79 Å². The van der Waals surface area contributed by atoms with Gasteiger partial charge >= 0.3 is 12.1 Å². The van der Waals surface area contributed by atoms with Crippen LogP contribution in [0.2, 0.25) is 4.34 Å². The summed E-state index contributed by atoms with van der Waals surface area (Å²) >= 11 is 7.50. The van der Waals surface area contributed by atoms with E-state index in [1.54, 1.807) is 0 Å². The quantitative estimate of drug-likeness (QED) is 0.249. The number of carbonyl (C=O) groups excluding carboxylic acids is 1. The van der Waals surface area contributed by atoms with Crippen molar-refractivity contribution >= 4 is 45.7 Å². The normalized spacial score (nSPS) is 14.4. The molecule has 0 bridgehead atoms. The second-order valence-corrected chi connectivity index (χ2v) is 12.1. The maximum absolute atomic E-state index is 13.7. The number of benzene rings is 1. The lowest BCUT2D eigenvalue weighted by Crippen LogP contribution is -2.47. The molecule has 0 unspecified atom stereocenters. The van der Waals surface area contributed by atoms with Crippen molar-refractivity contribution in [2.45, 2.75) is 58.4 Å². The number of hydrogen-bond donors (Lipinski definition) is 2. The number of thiophene rings is 1. The van der Waals surface area contributed by atoms with Crippen LogP contribution < -0.4 is 5.32 Å². The van der Waals surface area contributed by atoms with E-state index in [-0.39, 0.29) is 11.9 Å². The maximum Gasteiger partial charge on any atom is 0.490 e. The molecule has 1 amide bonds. The monoisotopic (exact) mass is 635 g/mol. The maximum atomic E-state index is 13.7. The van der Waals surface area contributed by atoms with Crippen LogP contribution in [0, 0.1) is 18.3 Å². The van der Waals surface area contributed by atoms with Crippen LogP contribution in [-0.4, -0.2) is 63.0 Å². The minimum atomic E-state index is -5.08. The molecule has 3 aromatic heterocycles. The number of nitrogens with one attached hydrogen (secondary N) is 1. The number of nitriles is 1. The van der Waals surface area contributed by atoms with E-state index in [0.717, 1.165) is 47.3 Å². The largest absolute Gasteiger partial charge is 0.490 e. The topological polar surface area (TPSA) is 124 Å². The van der Waals surface area contributed by atoms with E-state index < -0.39 is 12.1 Å². The molecule has 0 saturated carbocycles. The molecule has 228 valence electrons. The molecule has 1 aliphatic rings. The number of alkyl halides is 3. The molecule has 0 radical (unpaired) electrons. The summed E-state index contributed by atoms with van der Waals surface area (Å²) in [5, 5.41) is 25.5. The Bertz CT molecular complexity index is 1660. The number of para-hydroxylation sites is 1. The smallest absolute Gasteiger partial charge is 0.475 e. The lowest BCUT2D eigenvalue weighted by atomic mass is 10.0. The van der Waals surface area contributed by atoms with E-state index in [2.05, 4.69) is 35.3 Å². The summed E-state index contributed by atoms with van der Waals surface area (Å²) in [5.74, 6) is -2.36. The Morgan fingerprint density at radius 3 is 2.49 bits per heavy atom. The highest BCUT2D eigenvalue weighted by molar-refractivity contribution is 7.19. The number of aliphatic carboxylic acids is 1. The molecule has 1 aromatic carbocycles. The third-order valence-electron chi connectivity index (χ3n) is 7.14. The molecule has 4 aromatic rings. The molecular formula is C29H29ClF3N5O4S. The van der Waals surface area contributed by atoms with Crippen molar-refractivity contribution in [2.75, 3.05) is 13.1 Å². The number of aryl methyl sites for hydroxylation is 1. The number of nitrogens with zero attached hydrogens (tertiary/aromatic N) is 4. The number of halogens is 4. The Morgan fingerprint density at radius 1 is 1.26 bits per heavy atom. The van der Waals surface area contributed by atoms with Crippen LogP contribution in [0.3, 0.4) is 0 Å². The molecule has 1 aliphatic heterocycles. The summed E-state index contributed by atoms with van der Waals surface area (Å²) in [4.78, 5) is 25.9. The van der Waals surface area contributed by atoms with Gasteiger partial charge in [0, 0.05) is 36.6 Å². The average molecular weight is 636 g/mol. The van der Waals surface area contributed by atoms with Crippen LogP contribution in [0.5, 0.6) is 0 Å². The number of fused-ring (bicyclic) bond motifs is 1. The number of carboxylic acids is 1. The highest BCUT2D eigenvalue weighted by Crippen LogP contribution is 2.33. The van der Waals surface area contributed by atoms with Gasteiger partial charge in [0.05, 0.1) is 26.8 Å². The van der Waals surface area contributed by atoms with Crippen molar-refractivity contribution in [1.29, 1.82) is 5.26 Å². The summed E-state index contributed by atoms with van der Waals surface area (Å²) in [5.41, 5.74) is 3.27. The fourth-order valence-corrected chi connectivity index (χ4v) is 6.02. The SMILES string of the molecule is Cc1cccc2c(C#N)c(C(=O)NC3CCN(C(C)C)CC3)n(Cc3cc(-c4ccc(Cl)s4)on3)c12.O=C(O)C(F)(F)F. The van der Waals surface area contributed by atoms with Crippen molar-refractivity contribution in [2.24, 2.45) is 0 Å². The summed E-state index contributed by atoms with van der Waals surface area (Å²) in [6.45, 7) is 8.59.